The van der Waals surface area contributed by atoms with Crippen LogP contribution in [0.4, 0.5) is 4.79 Å². The molecule has 5 nitrogen and oxygen atoms in total. The van der Waals surface area contributed by atoms with Gasteiger partial charge in [-0.15, -0.1) is 0 Å². The van der Waals surface area contributed by atoms with Crippen LogP contribution >= 0.6 is 0 Å². The summed E-state index contributed by atoms with van der Waals surface area (Å²) in [5.41, 5.74) is 3.85. The molecule has 2 N–H and O–H groups in total. The number of carbonyl (C=O) groups excluding carboxylic acids is 1. The van der Waals surface area contributed by atoms with Gasteiger partial charge >= 0.3 is 12.1 Å². The Kier molecular flexibility index (Phi) is 4.76. The van der Waals surface area contributed by atoms with Gasteiger partial charge in [-0.25, -0.2) is 4.79 Å². The molecule has 2 saturated carbocycles. The first-order valence-corrected chi connectivity index (χ1v) is 10.9. The molecular weight excluding hydrogens is 378 g/mol. The molecule has 0 aromatic heterocycles. The lowest BCUT2D eigenvalue weighted by molar-refractivity contribution is -0.148. The van der Waals surface area contributed by atoms with Gasteiger partial charge in [0.2, 0.25) is 0 Å². The maximum Gasteiger partial charge on any atom is 0.407 e. The number of nitrogens with one attached hydrogen (secondary N) is 1. The van der Waals surface area contributed by atoms with Crippen molar-refractivity contribution in [3.8, 4) is 11.1 Å². The van der Waals surface area contributed by atoms with Crippen molar-refractivity contribution < 1.29 is 19.4 Å². The van der Waals surface area contributed by atoms with E-state index in [1.54, 1.807) is 0 Å². The van der Waals surface area contributed by atoms with Gasteiger partial charge in [0, 0.05) is 12.5 Å². The predicted octanol–water partition coefficient (Wildman–Crippen LogP) is 4.81. The van der Waals surface area contributed by atoms with Gasteiger partial charge in [0.05, 0.1) is 5.41 Å². The zero-order valence-corrected chi connectivity index (χ0v) is 17.0. The molecule has 2 fully saturated rings. The fraction of sp³-hybridized carbons (Fsp3) is 0.440. The summed E-state index contributed by atoms with van der Waals surface area (Å²) in [5.74, 6) is 0.189. The lowest BCUT2D eigenvalue weighted by Crippen LogP contribution is -2.42. The van der Waals surface area contributed by atoms with Crippen LogP contribution < -0.4 is 5.32 Å². The van der Waals surface area contributed by atoms with Crippen LogP contribution in [0.5, 0.6) is 0 Å². The van der Waals surface area contributed by atoms with E-state index in [-0.39, 0.29) is 19.1 Å². The van der Waals surface area contributed by atoms with Crippen LogP contribution in [0.25, 0.3) is 11.1 Å². The second-order valence-corrected chi connectivity index (χ2v) is 9.12. The molecule has 30 heavy (non-hydrogen) atoms. The van der Waals surface area contributed by atoms with E-state index in [9.17, 15) is 14.7 Å². The lowest BCUT2D eigenvalue weighted by atomic mass is 9.83. The van der Waals surface area contributed by atoms with Crippen LogP contribution in [0.2, 0.25) is 0 Å². The van der Waals surface area contributed by atoms with E-state index in [1.807, 2.05) is 24.3 Å². The van der Waals surface area contributed by atoms with E-state index >= 15 is 0 Å². The number of rotatable bonds is 5. The molecule has 0 aliphatic heterocycles. The Labute approximate surface area is 176 Å². The van der Waals surface area contributed by atoms with Crippen LogP contribution in [0.1, 0.15) is 49.1 Å². The number of carboxylic acid groups (broad SMARTS) is 1. The summed E-state index contributed by atoms with van der Waals surface area (Å²) < 4.78 is 5.58. The number of carboxylic acids is 1. The van der Waals surface area contributed by atoms with Crippen molar-refractivity contribution >= 4 is 12.1 Å². The molecule has 0 radical (unpaired) electrons. The zero-order chi connectivity index (χ0) is 20.7. The minimum Gasteiger partial charge on any atom is -0.481 e. The number of amides is 1. The highest BCUT2D eigenvalue weighted by Crippen LogP contribution is 2.53. The van der Waals surface area contributed by atoms with Gasteiger partial charge in [-0.05, 0) is 46.9 Å². The van der Waals surface area contributed by atoms with E-state index in [0.717, 1.165) is 24.0 Å². The summed E-state index contributed by atoms with van der Waals surface area (Å²) in [6, 6.07) is 16.4. The smallest absolute Gasteiger partial charge is 0.407 e. The number of ether oxygens (including phenoxy) is 1. The Morgan fingerprint density at radius 1 is 0.967 bits per heavy atom. The number of fused-ring (bicyclic) bond motifs is 4. The van der Waals surface area contributed by atoms with Crippen molar-refractivity contribution in [3.63, 3.8) is 0 Å². The Balaban J connectivity index is 1.23. The van der Waals surface area contributed by atoms with Crippen molar-refractivity contribution in [1.82, 2.24) is 5.32 Å². The normalized spacial score (nSPS) is 26.7. The average molecular weight is 405 g/mol. The first-order valence-electron chi connectivity index (χ1n) is 10.9. The fourth-order valence-electron chi connectivity index (χ4n) is 6.02. The second-order valence-electron chi connectivity index (χ2n) is 9.12. The molecule has 0 spiro atoms. The largest absolute Gasteiger partial charge is 0.481 e. The van der Waals surface area contributed by atoms with Crippen LogP contribution in [0.3, 0.4) is 0 Å². The predicted molar refractivity (Wildman–Crippen MR) is 113 cm³/mol. The van der Waals surface area contributed by atoms with Gasteiger partial charge < -0.3 is 15.2 Å². The van der Waals surface area contributed by atoms with Gasteiger partial charge in [-0.1, -0.05) is 67.8 Å². The van der Waals surface area contributed by atoms with Crippen molar-refractivity contribution in [2.45, 2.75) is 38.0 Å². The monoisotopic (exact) mass is 405 g/mol. The number of alkyl carbamates (subject to hydrolysis) is 1. The third kappa shape index (κ3) is 3.17. The molecule has 2 atom stereocenters. The standard InChI is InChI=1S/C25H27NO4/c27-23(28)25(12-16-6-5-7-17(16)13-25)15-26-24(29)30-14-22-20-10-3-1-8-18(20)19-9-2-4-11-21(19)22/h1-4,8-11,16-17,22H,5-7,12-15H2,(H,26,29)(H,27,28). The van der Waals surface area contributed by atoms with Crippen molar-refractivity contribution in [2.24, 2.45) is 17.3 Å². The highest BCUT2D eigenvalue weighted by Gasteiger charge is 2.51. The Bertz CT molecular complexity index is 927. The minimum atomic E-state index is -0.846. The van der Waals surface area contributed by atoms with E-state index in [1.165, 1.54) is 17.5 Å². The summed E-state index contributed by atoms with van der Waals surface area (Å²) in [7, 11) is 0. The molecule has 3 aliphatic carbocycles. The molecule has 156 valence electrons. The molecule has 0 saturated heterocycles. The van der Waals surface area contributed by atoms with Crippen LogP contribution in [-0.2, 0) is 9.53 Å². The summed E-state index contributed by atoms with van der Waals surface area (Å²) in [6.07, 6.45) is 4.22. The fourth-order valence-corrected chi connectivity index (χ4v) is 6.02. The van der Waals surface area contributed by atoms with Gasteiger partial charge in [0.25, 0.3) is 0 Å². The number of carbonyl (C=O) groups is 2. The van der Waals surface area contributed by atoms with Crippen molar-refractivity contribution in [1.29, 1.82) is 0 Å². The van der Waals surface area contributed by atoms with Gasteiger partial charge in [-0.3, -0.25) is 4.79 Å². The SMILES string of the molecule is O=C(NCC1(C(=O)O)CC2CCCC2C1)OCC1c2ccccc2-c2ccccc21. The maximum absolute atomic E-state index is 12.5. The molecule has 2 unspecified atom stereocenters. The topological polar surface area (TPSA) is 75.6 Å². The number of aliphatic carboxylic acids is 1. The summed E-state index contributed by atoms with van der Waals surface area (Å²) in [5, 5.41) is 12.6. The molecule has 5 heteroatoms. The second kappa shape index (κ2) is 7.46. The lowest BCUT2D eigenvalue weighted by Gasteiger charge is -2.25. The molecule has 2 aromatic rings. The third-order valence-electron chi connectivity index (χ3n) is 7.49. The molecule has 5 rings (SSSR count). The van der Waals surface area contributed by atoms with E-state index in [2.05, 4.69) is 29.6 Å². The average Bonchev–Trinajstić information content (AvgIpc) is 3.42. The molecule has 0 bridgehead atoms. The molecule has 0 heterocycles. The molecule has 1 amide bonds. The third-order valence-corrected chi connectivity index (χ3v) is 7.49. The quantitative estimate of drug-likeness (QED) is 0.749. The maximum atomic E-state index is 12.5. The van der Waals surface area contributed by atoms with Gasteiger partial charge in [0.15, 0.2) is 0 Å². The Morgan fingerprint density at radius 3 is 2.10 bits per heavy atom. The van der Waals surface area contributed by atoms with Crippen LogP contribution in [0, 0.1) is 17.3 Å². The Hall–Kier alpha value is -2.82. The molecule has 3 aliphatic rings. The molecular formula is C25H27NO4. The van der Waals surface area contributed by atoms with E-state index in [4.69, 9.17) is 4.74 Å². The molecule has 2 aromatic carbocycles. The summed E-state index contributed by atoms with van der Waals surface area (Å²) >= 11 is 0. The van der Waals surface area contributed by atoms with Crippen LogP contribution in [0.15, 0.2) is 48.5 Å². The highest BCUT2D eigenvalue weighted by atomic mass is 16.5. The van der Waals surface area contributed by atoms with Gasteiger partial charge in [0.1, 0.15) is 6.61 Å². The van der Waals surface area contributed by atoms with E-state index in [0.29, 0.717) is 24.7 Å². The summed E-state index contributed by atoms with van der Waals surface area (Å²) in [4.78, 5) is 24.5. The number of hydrogen-bond acceptors (Lipinski definition) is 3. The first-order chi connectivity index (χ1) is 14.6. The minimum absolute atomic E-state index is 0.00224. The number of benzene rings is 2. The van der Waals surface area contributed by atoms with Crippen molar-refractivity contribution in [2.75, 3.05) is 13.2 Å². The number of hydrogen-bond donors (Lipinski definition) is 2. The van der Waals surface area contributed by atoms with Crippen LogP contribution in [-0.4, -0.2) is 30.3 Å². The highest BCUT2D eigenvalue weighted by molar-refractivity contribution is 5.79. The van der Waals surface area contributed by atoms with Crippen molar-refractivity contribution in [3.05, 3.63) is 59.7 Å². The van der Waals surface area contributed by atoms with E-state index < -0.39 is 17.5 Å². The zero-order valence-electron chi connectivity index (χ0n) is 17.0. The Morgan fingerprint density at radius 2 is 1.53 bits per heavy atom. The van der Waals surface area contributed by atoms with Gasteiger partial charge in [-0.2, -0.15) is 0 Å². The summed E-state index contributed by atoms with van der Waals surface area (Å²) in [6.45, 7) is 0.386. The first kappa shape index (κ1) is 19.2.